The average molecular weight is 500 g/mol. The Kier molecular flexibility index (Phi) is 5.99. The van der Waals surface area contributed by atoms with E-state index in [1.165, 1.54) is 30.2 Å². The third-order valence-electron chi connectivity index (χ3n) is 7.58. The van der Waals surface area contributed by atoms with E-state index in [4.69, 9.17) is 0 Å². The molecule has 2 aromatic heterocycles. The van der Waals surface area contributed by atoms with Crippen LogP contribution in [0.5, 0.6) is 0 Å². The van der Waals surface area contributed by atoms with E-state index in [-0.39, 0.29) is 0 Å². The first-order valence-corrected chi connectivity index (χ1v) is 14.8. The normalized spacial score (nSPS) is 20.4. The lowest BCUT2D eigenvalue weighted by atomic mass is 9.77. The Morgan fingerprint density at radius 3 is 2.78 bits per heavy atom. The largest absolute Gasteiger partial charge is 0.324 e. The van der Waals surface area contributed by atoms with E-state index < -0.39 is 7.14 Å². The van der Waals surface area contributed by atoms with Gasteiger partial charge in [-0.3, -0.25) is 0 Å². The summed E-state index contributed by atoms with van der Waals surface area (Å²) in [6.07, 6.45) is 8.50. The van der Waals surface area contributed by atoms with Crippen LogP contribution in [0.25, 0.3) is 0 Å². The minimum Gasteiger partial charge on any atom is -0.324 e. The SMILES string of the molecule is CN1Cc2cc(Nc3ncc(C#N)c(Nc4cccc(P5(=O)CCCC5)n4)n3)cc3c2C(CCC3)C1. The highest BCUT2D eigenvalue weighted by atomic mass is 31.2. The van der Waals surface area contributed by atoms with Crippen LogP contribution in [0.3, 0.4) is 0 Å². The maximum absolute atomic E-state index is 13.2. The van der Waals surface area contributed by atoms with Crippen molar-refractivity contribution in [3.63, 3.8) is 0 Å². The summed E-state index contributed by atoms with van der Waals surface area (Å²) >= 11 is 0. The highest BCUT2D eigenvalue weighted by Crippen LogP contribution is 2.50. The summed E-state index contributed by atoms with van der Waals surface area (Å²) in [6, 6.07) is 12.1. The van der Waals surface area contributed by atoms with Gasteiger partial charge in [0, 0.05) is 31.1 Å². The number of anilines is 4. The molecule has 3 aliphatic rings. The van der Waals surface area contributed by atoms with Crippen LogP contribution < -0.4 is 16.1 Å². The van der Waals surface area contributed by atoms with Crippen molar-refractivity contribution < 1.29 is 4.57 Å². The van der Waals surface area contributed by atoms with Crippen molar-refractivity contribution in [2.45, 2.75) is 44.6 Å². The molecule has 2 N–H and O–H groups in total. The number of hydrogen-bond acceptors (Lipinski definition) is 8. The van der Waals surface area contributed by atoms with Crippen LogP contribution in [-0.2, 0) is 17.5 Å². The number of aromatic nitrogens is 3. The predicted molar refractivity (Wildman–Crippen MR) is 142 cm³/mol. The molecule has 0 radical (unpaired) electrons. The Balaban J connectivity index is 1.28. The van der Waals surface area contributed by atoms with E-state index in [0.717, 1.165) is 38.0 Å². The van der Waals surface area contributed by atoms with Gasteiger partial charge in [-0.05, 0) is 86.0 Å². The number of nitriles is 1. The van der Waals surface area contributed by atoms with Gasteiger partial charge in [-0.1, -0.05) is 6.07 Å². The molecule has 1 aromatic carbocycles. The van der Waals surface area contributed by atoms with Gasteiger partial charge in [0.1, 0.15) is 30.0 Å². The smallest absolute Gasteiger partial charge is 0.229 e. The molecule has 1 aliphatic carbocycles. The maximum Gasteiger partial charge on any atom is 0.229 e. The second kappa shape index (κ2) is 9.31. The molecule has 0 saturated carbocycles. The zero-order chi connectivity index (χ0) is 24.7. The lowest BCUT2D eigenvalue weighted by Crippen LogP contribution is -2.33. The summed E-state index contributed by atoms with van der Waals surface area (Å²) in [4.78, 5) is 16.0. The fourth-order valence-electron chi connectivity index (χ4n) is 5.98. The van der Waals surface area contributed by atoms with Crippen molar-refractivity contribution in [1.82, 2.24) is 19.9 Å². The fraction of sp³-hybridized carbons (Fsp3) is 0.407. The second-order valence-electron chi connectivity index (χ2n) is 10.2. The van der Waals surface area contributed by atoms with Crippen molar-refractivity contribution in [2.24, 2.45) is 0 Å². The third kappa shape index (κ3) is 4.38. The van der Waals surface area contributed by atoms with Crippen LogP contribution in [0.2, 0.25) is 0 Å². The number of pyridine rings is 1. The van der Waals surface area contributed by atoms with Gasteiger partial charge in [0.2, 0.25) is 5.95 Å². The third-order valence-corrected chi connectivity index (χ3v) is 10.7. The number of nitrogens with one attached hydrogen (secondary N) is 2. The molecule has 184 valence electrons. The van der Waals surface area contributed by atoms with Gasteiger partial charge in [-0.2, -0.15) is 10.2 Å². The molecule has 1 unspecified atom stereocenters. The molecule has 1 saturated heterocycles. The molecule has 9 heteroatoms. The minimum absolute atomic E-state index is 0.324. The highest BCUT2D eigenvalue weighted by molar-refractivity contribution is 7.71. The molecule has 6 rings (SSSR count). The summed E-state index contributed by atoms with van der Waals surface area (Å²) < 4.78 is 13.2. The van der Waals surface area contributed by atoms with Gasteiger partial charge in [0.05, 0.1) is 6.20 Å². The first-order valence-electron chi connectivity index (χ1n) is 12.7. The lowest BCUT2D eigenvalue weighted by molar-refractivity contribution is 0.266. The Morgan fingerprint density at radius 2 is 1.94 bits per heavy atom. The molecule has 0 spiro atoms. The number of hydrogen-bond donors (Lipinski definition) is 2. The molecule has 2 aliphatic heterocycles. The minimum atomic E-state index is -2.41. The van der Waals surface area contributed by atoms with E-state index >= 15 is 0 Å². The molecule has 8 nitrogen and oxygen atoms in total. The van der Waals surface area contributed by atoms with Crippen LogP contribution in [0.15, 0.2) is 36.5 Å². The quantitative estimate of drug-likeness (QED) is 0.479. The summed E-state index contributed by atoms with van der Waals surface area (Å²) in [6.45, 7) is 2.08. The first kappa shape index (κ1) is 23.1. The summed E-state index contributed by atoms with van der Waals surface area (Å²) in [5.41, 5.74) is 6.29. The zero-order valence-electron chi connectivity index (χ0n) is 20.5. The van der Waals surface area contributed by atoms with E-state index in [0.29, 0.717) is 46.8 Å². The van der Waals surface area contributed by atoms with Crippen molar-refractivity contribution in [3.05, 3.63) is 58.8 Å². The fourth-order valence-corrected chi connectivity index (χ4v) is 8.77. The van der Waals surface area contributed by atoms with E-state index in [2.05, 4.69) is 55.7 Å². The van der Waals surface area contributed by atoms with Crippen LogP contribution in [0, 0.1) is 11.3 Å². The first-order chi connectivity index (χ1) is 17.5. The van der Waals surface area contributed by atoms with Crippen molar-refractivity contribution in [2.75, 3.05) is 36.5 Å². The monoisotopic (exact) mass is 499 g/mol. The average Bonchev–Trinajstić information content (AvgIpc) is 3.32. The molecule has 0 amide bonds. The van der Waals surface area contributed by atoms with Crippen LogP contribution in [0.1, 0.15) is 53.9 Å². The topological polar surface area (TPSA) is 107 Å². The Morgan fingerprint density at radius 1 is 1.11 bits per heavy atom. The van der Waals surface area contributed by atoms with Gasteiger partial charge in [-0.15, -0.1) is 0 Å². The van der Waals surface area contributed by atoms with Crippen LogP contribution in [0.4, 0.5) is 23.3 Å². The van der Waals surface area contributed by atoms with E-state index in [9.17, 15) is 9.83 Å². The van der Waals surface area contributed by atoms with Crippen LogP contribution >= 0.6 is 7.14 Å². The van der Waals surface area contributed by atoms with Gasteiger partial charge >= 0.3 is 0 Å². The second-order valence-corrected chi connectivity index (χ2v) is 13.4. The van der Waals surface area contributed by atoms with E-state index in [1.54, 1.807) is 5.56 Å². The predicted octanol–water partition coefficient (Wildman–Crippen LogP) is 4.88. The molecular formula is C27H30N7OP. The lowest BCUT2D eigenvalue weighted by Gasteiger charge is -2.37. The molecule has 4 heterocycles. The number of likely N-dealkylation sites (N-methyl/N-ethyl adjacent to an activating group) is 1. The maximum atomic E-state index is 13.2. The molecule has 1 atom stereocenters. The molecule has 36 heavy (non-hydrogen) atoms. The molecule has 1 fully saturated rings. The summed E-state index contributed by atoms with van der Waals surface area (Å²) in [5.74, 6) is 1.95. The Labute approximate surface area is 211 Å². The number of benzene rings is 1. The van der Waals surface area contributed by atoms with E-state index in [1.807, 2.05) is 18.2 Å². The van der Waals surface area contributed by atoms with Gasteiger partial charge < -0.3 is 20.1 Å². The van der Waals surface area contributed by atoms with Gasteiger partial charge in [0.25, 0.3) is 0 Å². The van der Waals surface area contributed by atoms with Crippen LogP contribution in [-0.4, -0.2) is 45.8 Å². The van der Waals surface area contributed by atoms with Gasteiger partial charge in [0.15, 0.2) is 5.82 Å². The standard InChI is InChI=1S/C27H30N7OP/c1-34-16-19-7-4-6-18-12-22(13-20(17-34)25(18)19)30-27-29-15-21(14-28)26(33-27)32-23-8-5-9-24(31-23)36(35)10-2-3-11-36/h5,8-9,12-13,15,19H,2-4,6-7,10-11,16-17H2,1H3,(H2,29,30,31,32,33). The molecule has 3 aromatic rings. The van der Waals surface area contributed by atoms with Crippen molar-refractivity contribution >= 4 is 35.8 Å². The number of nitrogens with zero attached hydrogens (tertiary/aromatic N) is 5. The summed E-state index contributed by atoms with van der Waals surface area (Å²) in [7, 11) is -0.229. The highest BCUT2D eigenvalue weighted by Gasteiger charge is 2.31. The number of rotatable bonds is 5. The summed E-state index contributed by atoms with van der Waals surface area (Å²) in [5, 5.41) is 16.2. The molecular weight excluding hydrogens is 469 g/mol. The number of aryl methyl sites for hydroxylation is 1. The van der Waals surface area contributed by atoms with Gasteiger partial charge in [-0.25, -0.2) is 9.97 Å². The molecule has 0 bridgehead atoms. The van der Waals surface area contributed by atoms with Crippen molar-refractivity contribution in [3.8, 4) is 6.07 Å². The Hall–Kier alpha value is -3.27. The Bertz CT molecular complexity index is 1410. The van der Waals surface area contributed by atoms with Crippen molar-refractivity contribution in [1.29, 1.82) is 5.26 Å². The zero-order valence-corrected chi connectivity index (χ0v) is 21.4.